The summed E-state index contributed by atoms with van der Waals surface area (Å²) in [5.74, 6) is 1.92. The average molecular weight is 515 g/mol. The molecule has 0 radical (unpaired) electrons. The van der Waals surface area contributed by atoms with Gasteiger partial charge < -0.3 is 14.8 Å². The van der Waals surface area contributed by atoms with Crippen LogP contribution in [-0.4, -0.2) is 67.1 Å². The second-order valence-corrected chi connectivity index (χ2v) is 10.2. The topological polar surface area (TPSA) is 78.7 Å². The second-order valence-electron chi connectivity index (χ2n) is 6.68. The first kappa shape index (κ1) is 23.6. The lowest BCUT2D eigenvalue weighted by molar-refractivity contribution is 0.376. The van der Waals surface area contributed by atoms with Crippen molar-refractivity contribution in [2.45, 2.75) is 30.4 Å². The van der Waals surface area contributed by atoms with E-state index in [-0.39, 0.29) is 40.2 Å². The predicted octanol–water partition coefficient (Wildman–Crippen LogP) is 1.71. The molecule has 1 saturated heterocycles. The molecule has 1 fully saturated rings. The molecule has 2 N–H and O–H groups in total. The van der Waals surface area contributed by atoms with Crippen molar-refractivity contribution in [2.75, 3.05) is 38.5 Å². The monoisotopic (exact) mass is 515 g/mol. The van der Waals surface area contributed by atoms with Crippen molar-refractivity contribution in [3.05, 3.63) is 18.5 Å². The van der Waals surface area contributed by atoms with Crippen LogP contribution in [0.15, 0.2) is 28.3 Å². The number of nitrogens with zero attached hydrogens (tertiary/aromatic N) is 3. The number of aromatic nitrogens is 1. The van der Waals surface area contributed by atoms with E-state index in [9.17, 15) is 8.42 Å². The molecule has 0 aliphatic carbocycles. The first-order chi connectivity index (χ1) is 11.7. The molecule has 0 spiro atoms. The van der Waals surface area contributed by atoms with E-state index in [0.29, 0.717) is 6.54 Å². The molecule has 10 heteroatoms. The number of hydrogen-bond donors (Lipinski definition) is 2. The Morgan fingerprint density at radius 1 is 1.42 bits per heavy atom. The number of thioether (sulfide) groups is 1. The summed E-state index contributed by atoms with van der Waals surface area (Å²) in [5, 5.41) is 3.31. The lowest BCUT2D eigenvalue weighted by atomic mass is 10.2. The first-order valence-electron chi connectivity index (χ1n) is 8.52. The number of hydrogen-bond acceptors (Lipinski definition) is 4. The number of guanidine groups is 1. The lowest BCUT2D eigenvalue weighted by Gasteiger charge is -2.39. The smallest absolute Gasteiger partial charge is 0.242 e. The molecule has 0 atom stereocenters. The van der Waals surface area contributed by atoms with Gasteiger partial charge in [0.2, 0.25) is 10.0 Å². The molecule has 2 heterocycles. The van der Waals surface area contributed by atoms with Crippen molar-refractivity contribution in [1.82, 2.24) is 19.5 Å². The zero-order chi connectivity index (χ0) is 18.5. The molecule has 1 aliphatic heterocycles. The molecule has 0 amide bonds. The third kappa shape index (κ3) is 6.93. The van der Waals surface area contributed by atoms with E-state index < -0.39 is 10.0 Å². The third-order valence-electron chi connectivity index (χ3n) is 3.84. The van der Waals surface area contributed by atoms with Crippen LogP contribution in [0.25, 0.3) is 0 Å². The van der Waals surface area contributed by atoms with Crippen LogP contribution in [0.4, 0.5) is 0 Å². The fourth-order valence-electron chi connectivity index (χ4n) is 2.68. The van der Waals surface area contributed by atoms with Gasteiger partial charge in [0.15, 0.2) is 5.96 Å². The molecule has 1 aromatic heterocycles. The Balaban J connectivity index is 0.00000338. The van der Waals surface area contributed by atoms with Crippen LogP contribution in [0, 0.1) is 0 Å². The van der Waals surface area contributed by atoms with Gasteiger partial charge >= 0.3 is 0 Å². The van der Waals surface area contributed by atoms with Crippen molar-refractivity contribution in [3.63, 3.8) is 0 Å². The zero-order valence-electron chi connectivity index (χ0n) is 15.9. The highest BCUT2D eigenvalue weighted by molar-refractivity contribution is 14.0. The van der Waals surface area contributed by atoms with Crippen molar-refractivity contribution in [1.29, 1.82) is 0 Å². The normalized spacial score (nSPS) is 17.7. The van der Waals surface area contributed by atoms with E-state index in [1.807, 2.05) is 18.7 Å². The maximum atomic E-state index is 12.2. The summed E-state index contributed by atoms with van der Waals surface area (Å²) >= 11 is 1.97. The number of nitrogens with one attached hydrogen (secondary N) is 2. The molecule has 150 valence electrons. The second kappa shape index (κ2) is 10.2. The van der Waals surface area contributed by atoms with Gasteiger partial charge in [-0.25, -0.2) is 13.1 Å². The van der Waals surface area contributed by atoms with Gasteiger partial charge in [-0.3, -0.25) is 4.99 Å². The SMILES string of the molecule is CCNC(=NCCNS(=O)(=O)c1ccn(C)c1)N1CCSC(C)(C)C1.I. The summed E-state index contributed by atoms with van der Waals surface area (Å²) in [7, 11) is -1.67. The molecule has 0 aromatic carbocycles. The quantitative estimate of drug-likeness (QED) is 0.261. The van der Waals surface area contributed by atoms with Crippen molar-refractivity contribution < 1.29 is 8.42 Å². The number of sulfonamides is 1. The van der Waals surface area contributed by atoms with Crippen LogP contribution in [0.5, 0.6) is 0 Å². The fraction of sp³-hybridized carbons (Fsp3) is 0.688. The first-order valence-corrected chi connectivity index (χ1v) is 11.0. The van der Waals surface area contributed by atoms with Gasteiger partial charge in [0, 0.05) is 56.1 Å². The largest absolute Gasteiger partial charge is 0.357 e. The van der Waals surface area contributed by atoms with Crippen molar-refractivity contribution in [2.24, 2.45) is 12.0 Å². The van der Waals surface area contributed by atoms with Crippen LogP contribution in [0.1, 0.15) is 20.8 Å². The van der Waals surface area contributed by atoms with E-state index in [0.717, 1.165) is 31.3 Å². The fourth-order valence-corrected chi connectivity index (χ4v) is 4.87. The van der Waals surface area contributed by atoms with Crippen LogP contribution < -0.4 is 10.0 Å². The number of aliphatic imine (C=N–C) groups is 1. The van der Waals surface area contributed by atoms with E-state index in [1.54, 1.807) is 30.1 Å². The molecule has 7 nitrogen and oxygen atoms in total. The van der Waals surface area contributed by atoms with Gasteiger partial charge in [-0.15, -0.1) is 24.0 Å². The van der Waals surface area contributed by atoms with Crippen LogP contribution in [0.2, 0.25) is 0 Å². The molecular weight excluding hydrogens is 485 g/mol. The minimum Gasteiger partial charge on any atom is -0.357 e. The molecule has 0 saturated carbocycles. The lowest BCUT2D eigenvalue weighted by Crippen LogP contribution is -2.51. The molecule has 0 unspecified atom stereocenters. The highest BCUT2D eigenvalue weighted by atomic mass is 127. The van der Waals surface area contributed by atoms with E-state index in [2.05, 4.69) is 33.8 Å². The van der Waals surface area contributed by atoms with Gasteiger partial charge in [0.25, 0.3) is 0 Å². The molecule has 1 aliphatic rings. The Hall–Kier alpha value is -0.460. The molecule has 2 rings (SSSR count). The zero-order valence-corrected chi connectivity index (χ0v) is 19.8. The summed E-state index contributed by atoms with van der Waals surface area (Å²) in [5.41, 5.74) is 0. The van der Waals surface area contributed by atoms with Crippen LogP contribution in [0.3, 0.4) is 0 Å². The Morgan fingerprint density at radius 2 is 2.15 bits per heavy atom. The van der Waals surface area contributed by atoms with Gasteiger partial charge in [-0.1, -0.05) is 0 Å². The standard InChI is InChI=1S/C16H29N5O2S2.HI/c1-5-17-15(21-10-11-24-16(2,3)13-21)18-7-8-19-25(22,23)14-6-9-20(4)12-14;/h6,9,12,19H,5,7-8,10-11,13H2,1-4H3,(H,17,18);1H. The number of aryl methyl sites for hydroxylation is 1. The Kier molecular flexibility index (Phi) is 9.24. The highest BCUT2D eigenvalue weighted by Gasteiger charge is 2.28. The van der Waals surface area contributed by atoms with Gasteiger partial charge in [0.1, 0.15) is 0 Å². The minimum atomic E-state index is -3.47. The Labute approximate surface area is 178 Å². The maximum Gasteiger partial charge on any atom is 0.242 e. The van der Waals surface area contributed by atoms with E-state index >= 15 is 0 Å². The van der Waals surface area contributed by atoms with Crippen molar-refractivity contribution in [3.8, 4) is 0 Å². The van der Waals surface area contributed by atoms with E-state index in [4.69, 9.17) is 0 Å². The Morgan fingerprint density at radius 3 is 2.73 bits per heavy atom. The molecule has 0 bridgehead atoms. The van der Waals surface area contributed by atoms with Crippen LogP contribution in [-0.2, 0) is 17.1 Å². The Bertz CT molecular complexity index is 703. The maximum absolute atomic E-state index is 12.2. The van der Waals surface area contributed by atoms with Gasteiger partial charge in [0.05, 0.1) is 11.4 Å². The van der Waals surface area contributed by atoms with Gasteiger partial charge in [-0.2, -0.15) is 11.8 Å². The third-order valence-corrected chi connectivity index (χ3v) is 6.58. The summed E-state index contributed by atoms with van der Waals surface area (Å²) in [6, 6.07) is 1.59. The average Bonchev–Trinajstić information content (AvgIpc) is 2.97. The number of rotatable bonds is 6. The summed E-state index contributed by atoms with van der Waals surface area (Å²) in [6.45, 7) is 9.87. The highest BCUT2D eigenvalue weighted by Crippen LogP contribution is 2.29. The summed E-state index contributed by atoms with van der Waals surface area (Å²) in [6.07, 6.45) is 3.30. The van der Waals surface area contributed by atoms with Crippen molar-refractivity contribution >= 4 is 51.7 Å². The summed E-state index contributed by atoms with van der Waals surface area (Å²) in [4.78, 5) is 7.13. The molecule has 1 aromatic rings. The van der Waals surface area contributed by atoms with Gasteiger partial charge in [-0.05, 0) is 26.8 Å². The summed E-state index contributed by atoms with van der Waals surface area (Å²) < 4.78 is 28.9. The van der Waals surface area contributed by atoms with E-state index in [1.165, 1.54) is 0 Å². The number of halogens is 1. The predicted molar refractivity (Wildman–Crippen MR) is 120 cm³/mol. The van der Waals surface area contributed by atoms with Crippen LogP contribution >= 0.6 is 35.7 Å². The molecular formula is C16H30IN5O2S2. The molecule has 26 heavy (non-hydrogen) atoms. The minimum absolute atomic E-state index is 0.